The van der Waals surface area contributed by atoms with Crippen molar-refractivity contribution in [3.63, 3.8) is 0 Å². The summed E-state index contributed by atoms with van der Waals surface area (Å²) in [6.07, 6.45) is 5.91. The van der Waals surface area contributed by atoms with Crippen molar-refractivity contribution < 1.29 is 9.53 Å². The van der Waals surface area contributed by atoms with Crippen molar-refractivity contribution in [2.45, 2.75) is 56.8 Å². The molecule has 3 rings (SSSR count). The lowest BCUT2D eigenvalue weighted by Crippen LogP contribution is -2.37. The molecule has 0 atom stereocenters. The van der Waals surface area contributed by atoms with Crippen LogP contribution in [0.5, 0.6) is 5.75 Å². The van der Waals surface area contributed by atoms with Crippen LogP contribution in [-0.2, 0) is 18.4 Å². The zero-order valence-corrected chi connectivity index (χ0v) is 16.2. The van der Waals surface area contributed by atoms with Gasteiger partial charge in [0.2, 0.25) is 5.91 Å². The molecule has 0 spiro atoms. The zero-order valence-electron chi connectivity index (χ0n) is 15.4. The van der Waals surface area contributed by atoms with Gasteiger partial charge in [-0.25, -0.2) is 0 Å². The molecule has 1 heterocycles. The number of nitrogens with one attached hydrogen (secondary N) is 1. The van der Waals surface area contributed by atoms with Gasteiger partial charge in [-0.2, -0.15) is 0 Å². The van der Waals surface area contributed by atoms with E-state index < -0.39 is 0 Å². The molecule has 7 heteroatoms. The van der Waals surface area contributed by atoms with Crippen LogP contribution in [0.1, 0.15) is 43.5 Å². The number of amides is 1. The van der Waals surface area contributed by atoms with Gasteiger partial charge in [0, 0.05) is 13.1 Å². The number of para-hydroxylation sites is 1. The average Bonchev–Trinajstić information content (AvgIpc) is 3.00. The van der Waals surface area contributed by atoms with E-state index in [-0.39, 0.29) is 5.91 Å². The van der Waals surface area contributed by atoms with Crippen LogP contribution in [0.4, 0.5) is 0 Å². The van der Waals surface area contributed by atoms with E-state index in [1.165, 1.54) is 31.0 Å². The summed E-state index contributed by atoms with van der Waals surface area (Å²) >= 11 is 1.41. The third-order valence-electron chi connectivity index (χ3n) is 4.68. The first kappa shape index (κ1) is 18.8. The largest absolute Gasteiger partial charge is 0.485 e. The Balaban J connectivity index is 1.49. The fourth-order valence-electron chi connectivity index (χ4n) is 3.10. The fourth-order valence-corrected chi connectivity index (χ4v) is 3.84. The first-order valence-electron chi connectivity index (χ1n) is 9.12. The number of rotatable bonds is 7. The van der Waals surface area contributed by atoms with E-state index in [0.717, 1.165) is 35.1 Å². The highest BCUT2D eigenvalue weighted by atomic mass is 32.2. The number of carbonyl (C=O) groups excluding carboxylic acids is 1. The van der Waals surface area contributed by atoms with Crippen LogP contribution in [0.2, 0.25) is 0 Å². The standard InChI is InChI=1S/C19H26N4O2S/c1-14-8-6-7-11-16(14)25-12-17-21-22-19(23(17)2)26-13-18(24)20-15-9-4-3-5-10-15/h6-8,11,15H,3-5,9-10,12-13H2,1-2H3,(H,20,24). The van der Waals surface area contributed by atoms with Crippen molar-refractivity contribution >= 4 is 17.7 Å². The van der Waals surface area contributed by atoms with Crippen LogP contribution in [0.15, 0.2) is 29.4 Å². The van der Waals surface area contributed by atoms with Crippen molar-refractivity contribution in [2.75, 3.05) is 5.75 Å². The van der Waals surface area contributed by atoms with Gasteiger partial charge in [0.05, 0.1) is 5.75 Å². The molecule has 2 aromatic rings. The van der Waals surface area contributed by atoms with Gasteiger partial charge in [0.15, 0.2) is 11.0 Å². The van der Waals surface area contributed by atoms with Crippen LogP contribution in [0.25, 0.3) is 0 Å². The number of hydrogen-bond acceptors (Lipinski definition) is 5. The number of benzene rings is 1. The second kappa shape index (κ2) is 9.07. The van der Waals surface area contributed by atoms with Crippen LogP contribution >= 0.6 is 11.8 Å². The molecule has 0 radical (unpaired) electrons. The summed E-state index contributed by atoms with van der Waals surface area (Å²) in [6, 6.07) is 8.23. The molecule has 0 saturated heterocycles. The Morgan fingerprint density at radius 2 is 2.04 bits per heavy atom. The second-order valence-electron chi connectivity index (χ2n) is 6.70. The molecule has 1 aliphatic rings. The monoisotopic (exact) mass is 374 g/mol. The Bertz CT molecular complexity index is 741. The molecule has 1 N–H and O–H groups in total. The predicted octanol–water partition coefficient (Wildman–Crippen LogP) is 3.24. The quantitative estimate of drug-likeness (QED) is 0.754. The molecule has 1 fully saturated rings. The van der Waals surface area contributed by atoms with Gasteiger partial charge in [-0.1, -0.05) is 49.2 Å². The third-order valence-corrected chi connectivity index (χ3v) is 5.70. The summed E-state index contributed by atoms with van der Waals surface area (Å²) in [5, 5.41) is 12.2. The summed E-state index contributed by atoms with van der Waals surface area (Å²) in [5.41, 5.74) is 1.09. The highest BCUT2D eigenvalue weighted by Crippen LogP contribution is 2.20. The zero-order chi connectivity index (χ0) is 18.4. The van der Waals surface area contributed by atoms with Gasteiger partial charge >= 0.3 is 0 Å². The molecule has 1 aromatic heterocycles. The SMILES string of the molecule is Cc1ccccc1OCc1nnc(SCC(=O)NC2CCCCC2)n1C. The highest BCUT2D eigenvalue weighted by Gasteiger charge is 2.17. The van der Waals surface area contributed by atoms with Crippen LogP contribution in [0.3, 0.4) is 0 Å². The summed E-state index contributed by atoms with van der Waals surface area (Å²) in [7, 11) is 1.90. The maximum absolute atomic E-state index is 12.1. The molecule has 140 valence electrons. The third kappa shape index (κ3) is 5.00. The van der Waals surface area contributed by atoms with Gasteiger partial charge in [0.25, 0.3) is 0 Å². The molecule has 0 aliphatic heterocycles. The van der Waals surface area contributed by atoms with Crippen molar-refractivity contribution in [3.05, 3.63) is 35.7 Å². The van der Waals surface area contributed by atoms with E-state index in [1.807, 2.05) is 42.8 Å². The Morgan fingerprint density at radius 1 is 1.27 bits per heavy atom. The lowest BCUT2D eigenvalue weighted by molar-refractivity contribution is -0.119. The lowest BCUT2D eigenvalue weighted by atomic mass is 9.95. The Morgan fingerprint density at radius 3 is 2.81 bits per heavy atom. The molecular formula is C19H26N4O2S. The number of thioether (sulfide) groups is 1. The van der Waals surface area contributed by atoms with E-state index >= 15 is 0 Å². The summed E-state index contributed by atoms with van der Waals surface area (Å²) < 4.78 is 7.72. The lowest BCUT2D eigenvalue weighted by Gasteiger charge is -2.22. The molecule has 1 aromatic carbocycles. The number of nitrogens with zero attached hydrogens (tertiary/aromatic N) is 3. The first-order chi connectivity index (χ1) is 12.6. The molecule has 0 unspecified atom stereocenters. The predicted molar refractivity (Wildman–Crippen MR) is 102 cm³/mol. The van der Waals surface area contributed by atoms with E-state index in [2.05, 4.69) is 15.5 Å². The molecule has 1 amide bonds. The van der Waals surface area contributed by atoms with E-state index in [0.29, 0.717) is 18.4 Å². The van der Waals surface area contributed by atoms with Crippen molar-refractivity contribution in [1.29, 1.82) is 0 Å². The molecular weight excluding hydrogens is 348 g/mol. The van der Waals surface area contributed by atoms with Crippen molar-refractivity contribution in [2.24, 2.45) is 7.05 Å². The topological polar surface area (TPSA) is 69.0 Å². The average molecular weight is 375 g/mol. The number of carbonyl (C=O) groups is 1. The van der Waals surface area contributed by atoms with E-state index in [4.69, 9.17) is 4.74 Å². The van der Waals surface area contributed by atoms with Crippen LogP contribution < -0.4 is 10.1 Å². The molecule has 1 aliphatic carbocycles. The van der Waals surface area contributed by atoms with E-state index in [9.17, 15) is 4.79 Å². The Hall–Kier alpha value is -2.02. The van der Waals surface area contributed by atoms with Crippen LogP contribution in [0, 0.1) is 6.92 Å². The maximum atomic E-state index is 12.1. The Kier molecular flexibility index (Phi) is 6.55. The number of aromatic nitrogens is 3. The normalized spacial score (nSPS) is 15.0. The highest BCUT2D eigenvalue weighted by molar-refractivity contribution is 7.99. The fraction of sp³-hybridized carbons (Fsp3) is 0.526. The minimum absolute atomic E-state index is 0.0719. The summed E-state index contributed by atoms with van der Waals surface area (Å²) in [5.74, 6) is 2.02. The molecule has 26 heavy (non-hydrogen) atoms. The van der Waals surface area contributed by atoms with Gasteiger partial charge < -0.3 is 14.6 Å². The first-order valence-corrected chi connectivity index (χ1v) is 10.1. The number of hydrogen-bond donors (Lipinski definition) is 1. The van der Waals surface area contributed by atoms with Gasteiger partial charge in [0.1, 0.15) is 12.4 Å². The van der Waals surface area contributed by atoms with Gasteiger partial charge in [-0.3, -0.25) is 4.79 Å². The summed E-state index contributed by atoms with van der Waals surface area (Å²) in [4.78, 5) is 12.1. The summed E-state index contributed by atoms with van der Waals surface area (Å²) in [6.45, 7) is 2.36. The minimum Gasteiger partial charge on any atom is -0.485 e. The second-order valence-corrected chi connectivity index (χ2v) is 7.65. The number of ether oxygens (including phenoxy) is 1. The molecule has 1 saturated carbocycles. The van der Waals surface area contributed by atoms with E-state index in [1.54, 1.807) is 0 Å². The van der Waals surface area contributed by atoms with Crippen molar-refractivity contribution in [3.8, 4) is 5.75 Å². The molecule has 6 nitrogen and oxygen atoms in total. The smallest absolute Gasteiger partial charge is 0.230 e. The van der Waals surface area contributed by atoms with Gasteiger partial charge in [-0.05, 0) is 31.4 Å². The number of aryl methyl sites for hydroxylation is 1. The minimum atomic E-state index is 0.0719. The van der Waals surface area contributed by atoms with Crippen LogP contribution in [-0.4, -0.2) is 32.5 Å². The van der Waals surface area contributed by atoms with Crippen molar-refractivity contribution in [1.82, 2.24) is 20.1 Å². The molecule has 0 bridgehead atoms. The maximum Gasteiger partial charge on any atom is 0.230 e. The van der Waals surface area contributed by atoms with Gasteiger partial charge in [-0.15, -0.1) is 10.2 Å². The Labute approximate surface area is 158 Å².